The Hall–Kier alpha value is -1.68. The highest BCUT2D eigenvalue weighted by Gasteiger charge is 2.18. The summed E-state index contributed by atoms with van der Waals surface area (Å²) in [6.07, 6.45) is 0. The van der Waals surface area contributed by atoms with Gasteiger partial charge in [0.25, 0.3) is 0 Å². The topological polar surface area (TPSA) is 39.2 Å². The van der Waals surface area contributed by atoms with Crippen molar-refractivity contribution >= 4 is 17.3 Å². The van der Waals surface area contributed by atoms with Crippen molar-refractivity contribution in [1.82, 2.24) is 4.98 Å². The summed E-state index contributed by atoms with van der Waals surface area (Å²) in [5.74, 6) is -0.295. The predicted octanol–water partition coefficient (Wildman–Crippen LogP) is 3.60. The molecule has 2 aromatic rings. The minimum atomic E-state index is -0.295. The van der Waals surface area contributed by atoms with E-state index in [1.165, 1.54) is 11.3 Å². The number of benzene rings is 1. The van der Waals surface area contributed by atoms with E-state index in [1.807, 2.05) is 26.0 Å². The van der Waals surface area contributed by atoms with Crippen LogP contribution in [0.15, 0.2) is 23.7 Å². The molecule has 0 fully saturated rings. The number of hydrogen-bond donors (Lipinski definition) is 0. The zero-order valence-corrected chi connectivity index (χ0v) is 11.5. The van der Waals surface area contributed by atoms with Crippen molar-refractivity contribution in [3.63, 3.8) is 0 Å². The third kappa shape index (κ3) is 2.43. The van der Waals surface area contributed by atoms with E-state index >= 15 is 0 Å². The highest BCUT2D eigenvalue weighted by molar-refractivity contribution is 7.12. The number of nitrogens with zero attached hydrogens (tertiary/aromatic N) is 1. The summed E-state index contributed by atoms with van der Waals surface area (Å²) in [7, 11) is 0. The molecule has 2 rings (SSSR count). The van der Waals surface area contributed by atoms with Crippen LogP contribution in [0, 0.1) is 13.8 Å². The standard InChI is InChI=1S/C14H15NO2S/c1-4-17-14(16)13-12(15-8-18-13)11-7-9(2)5-6-10(11)3/h5-8H,4H2,1-3H3. The number of aromatic nitrogens is 1. The lowest BCUT2D eigenvalue weighted by molar-refractivity contribution is 0.0532. The number of carbonyl (C=O) groups is 1. The van der Waals surface area contributed by atoms with Gasteiger partial charge < -0.3 is 4.74 Å². The molecule has 3 nitrogen and oxygen atoms in total. The van der Waals surface area contributed by atoms with E-state index < -0.39 is 0 Å². The summed E-state index contributed by atoms with van der Waals surface area (Å²) < 4.78 is 5.05. The van der Waals surface area contributed by atoms with Crippen LogP contribution in [0.1, 0.15) is 27.7 Å². The third-order valence-electron chi connectivity index (χ3n) is 2.68. The van der Waals surface area contributed by atoms with Crippen LogP contribution in [-0.4, -0.2) is 17.6 Å². The van der Waals surface area contributed by atoms with Gasteiger partial charge in [-0.2, -0.15) is 0 Å². The molecule has 0 amide bonds. The number of ether oxygens (including phenoxy) is 1. The van der Waals surface area contributed by atoms with Gasteiger partial charge in [-0.1, -0.05) is 17.7 Å². The molecule has 18 heavy (non-hydrogen) atoms. The van der Waals surface area contributed by atoms with E-state index in [1.54, 1.807) is 12.4 Å². The Kier molecular flexibility index (Phi) is 3.77. The Balaban J connectivity index is 2.48. The summed E-state index contributed by atoms with van der Waals surface area (Å²) in [5, 5.41) is 0. The van der Waals surface area contributed by atoms with Crippen molar-refractivity contribution < 1.29 is 9.53 Å². The van der Waals surface area contributed by atoms with Crippen LogP contribution in [0.5, 0.6) is 0 Å². The number of esters is 1. The van der Waals surface area contributed by atoms with E-state index in [2.05, 4.69) is 11.1 Å². The number of hydrogen-bond acceptors (Lipinski definition) is 4. The van der Waals surface area contributed by atoms with Gasteiger partial charge >= 0.3 is 5.97 Å². The minimum Gasteiger partial charge on any atom is -0.462 e. The molecule has 0 atom stereocenters. The fraction of sp³-hybridized carbons (Fsp3) is 0.286. The lowest BCUT2D eigenvalue weighted by Crippen LogP contribution is -2.04. The van der Waals surface area contributed by atoms with Gasteiger partial charge in [-0.25, -0.2) is 9.78 Å². The predicted molar refractivity (Wildman–Crippen MR) is 73.0 cm³/mol. The van der Waals surface area contributed by atoms with Crippen LogP contribution < -0.4 is 0 Å². The van der Waals surface area contributed by atoms with E-state index in [0.29, 0.717) is 11.5 Å². The molecule has 0 aliphatic rings. The van der Waals surface area contributed by atoms with Gasteiger partial charge in [-0.05, 0) is 32.4 Å². The summed E-state index contributed by atoms with van der Waals surface area (Å²) in [5.41, 5.74) is 5.66. The normalized spacial score (nSPS) is 10.4. The smallest absolute Gasteiger partial charge is 0.350 e. The van der Waals surface area contributed by atoms with Gasteiger partial charge in [-0.15, -0.1) is 11.3 Å². The highest BCUT2D eigenvalue weighted by Crippen LogP contribution is 2.29. The zero-order chi connectivity index (χ0) is 13.1. The first-order chi connectivity index (χ1) is 8.63. The minimum absolute atomic E-state index is 0.295. The van der Waals surface area contributed by atoms with Gasteiger partial charge in [0.05, 0.1) is 17.8 Å². The third-order valence-corrected chi connectivity index (χ3v) is 3.48. The number of carbonyl (C=O) groups excluding carboxylic acids is 1. The average molecular weight is 261 g/mol. The fourth-order valence-corrected chi connectivity index (χ4v) is 2.46. The maximum atomic E-state index is 11.8. The maximum absolute atomic E-state index is 11.8. The van der Waals surface area contributed by atoms with Crippen molar-refractivity contribution in [2.75, 3.05) is 6.61 Å². The quantitative estimate of drug-likeness (QED) is 0.792. The molecule has 0 N–H and O–H groups in total. The largest absolute Gasteiger partial charge is 0.462 e. The molecule has 0 unspecified atom stereocenters. The van der Waals surface area contributed by atoms with Gasteiger partial charge in [0.1, 0.15) is 4.88 Å². The first-order valence-electron chi connectivity index (χ1n) is 5.81. The Morgan fingerprint density at radius 2 is 2.17 bits per heavy atom. The molecule has 94 valence electrons. The molecule has 1 heterocycles. The fourth-order valence-electron chi connectivity index (χ4n) is 1.77. The molecule has 0 radical (unpaired) electrons. The van der Waals surface area contributed by atoms with Crippen LogP contribution in [-0.2, 0) is 4.74 Å². The molecule has 0 saturated heterocycles. The summed E-state index contributed by atoms with van der Waals surface area (Å²) >= 11 is 1.32. The Labute approximate surface area is 110 Å². The molecular weight excluding hydrogens is 246 g/mol. The first-order valence-corrected chi connectivity index (χ1v) is 6.69. The van der Waals surface area contributed by atoms with E-state index in [0.717, 1.165) is 22.4 Å². The number of thiazole rings is 1. The van der Waals surface area contributed by atoms with E-state index in [4.69, 9.17) is 4.74 Å². The number of rotatable bonds is 3. The molecule has 1 aromatic heterocycles. The number of aryl methyl sites for hydroxylation is 2. The monoisotopic (exact) mass is 261 g/mol. The Bertz CT molecular complexity index is 575. The van der Waals surface area contributed by atoms with Crippen LogP contribution in [0.3, 0.4) is 0 Å². The molecule has 0 spiro atoms. The van der Waals surface area contributed by atoms with E-state index in [9.17, 15) is 4.79 Å². The molecule has 0 aliphatic heterocycles. The van der Waals surface area contributed by atoms with Crippen LogP contribution in [0.2, 0.25) is 0 Å². The zero-order valence-electron chi connectivity index (χ0n) is 10.7. The average Bonchev–Trinajstić information content (AvgIpc) is 2.81. The van der Waals surface area contributed by atoms with Crippen molar-refractivity contribution in [3.05, 3.63) is 39.7 Å². The second kappa shape index (κ2) is 5.31. The molecular formula is C14H15NO2S. The lowest BCUT2D eigenvalue weighted by atomic mass is 10.0. The second-order valence-corrected chi connectivity index (χ2v) is 4.92. The molecule has 0 aliphatic carbocycles. The Morgan fingerprint density at radius 1 is 1.39 bits per heavy atom. The maximum Gasteiger partial charge on any atom is 0.350 e. The molecule has 0 bridgehead atoms. The van der Waals surface area contributed by atoms with Gasteiger partial charge in [0.15, 0.2) is 0 Å². The van der Waals surface area contributed by atoms with Crippen molar-refractivity contribution in [2.24, 2.45) is 0 Å². The van der Waals surface area contributed by atoms with Crippen molar-refractivity contribution in [1.29, 1.82) is 0 Å². The first kappa shape index (κ1) is 12.8. The molecule has 1 aromatic carbocycles. The molecule has 0 saturated carbocycles. The van der Waals surface area contributed by atoms with Crippen molar-refractivity contribution in [3.8, 4) is 11.3 Å². The van der Waals surface area contributed by atoms with Gasteiger partial charge in [-0.3, -0.25) is 0 Å². The van der Waals surface area contributed by atoms with Crippen LogP contribution in [0.4, 0.5) is 0 Å². The van der Waals surface area contributed by atoms with Crippen molar-refractivity contribution in [2.45, 2.75) is 20.8 Å². The van der Waals surface area contributed by atoms with Gasteiger partial charge in [0, 0.05) is 5.56 Å². The van der Waals surface area contributed by atoms with Gasteiger partial charge in [0.2, 0.25) is 0 Å². The molecule has 4 heteroatoms. The summed E-state index contributed by atoms with van der Waals surface area (Å²) in [4.78, 5) is 16.7. The van der Waals surface area contributed by atoms with E-state index in [-0.39, 0.29) is 5.97 Å². The summed E-state index contributed by atoms with van der Waals surface area (Å²) in [6, 6.07) is 6.14. The van der Waals surface area contributed by atoms with Crippen LogP contribution in [0.25, 0.3) is 11.3 Å². The lowest BCUT2D eigenvalue weighted by Gasteiger charge is -2.07. The SMILES string of the molecule is CCOC(=O)c1scnc1-c1cc(C)ccc1C. The van der Waals surface area contributed by atoms with Crippen LogP contribution >= 0.6 is 11.3 Å². The highest BCUT2D eigenvalue weighted by atomic mass is 32.1. The summed E-state index contributed by atoms with van der Waals surface area (Å²) in [6.45, 7) is 6.22. The second-order valence-electron chi connectivity index (χ2n) is 4.07. The Morgan fingerprint density at radius 3 is 2.89 bits per heavy atom.